The summed E-state index contributed by atoms with van der Waals surface area (Å²) in [6.45, 7) is 5.66. The van der Waals surface area contributed by atoms with E-state index in [0.29, 0.717) is 42.7 Å². The minimum atomic E-state index is -4.59. The van der Waals surface area contributed by atoms with Crippen LogP contribution in [0.25, 0.3) is 0 Å². The Labute approximate surface area is 217 Å². The Kier molecular flexibility index (Phi) is 7.47. The van der Waals surface area contributed by atoms with Gasteiger partial charge in [0, 0.05) is 37.9 Å². The number of nitrogens with one attached hydrogen (secondary N) is 1. The lowest BCUT2D eigenvalue weighted by molar-refractivity contribution is -0.141. The lowest BCUT2D eigenvalue weighted by Gasteiger charge is -2.29. The van der Waals surface area contributed by atoms with E-state index in [9.17, 15) is 18.0 Å². The second kappa shape index (κ2) is 11.0. The van der Waals surface area contributed by atoms with Crippen LogP contribution in [0.5, 0.6) is 11.5 Å². The van der Waals surface area contributed by atoms with E-state index in [1.54, 1.807) is 4.90 Å². The first kappa shape index (κ1) is 25.9. The largest absolute Gasteiger partial charge is 0.491 e. The molecule has 0 radical (unpaired) electrons. The summed E-state index contributed by atoms with van der Waals surface area (Å²) < 4.78 is 55.6. The molecule has 0 spiro atoms. The van der Waals surface area contributed by atoms with Crippen molar-refractivity contribution in [2.75, 3.05) is 59.7 Å². The Morgan fingerprint density at radius 2 is 1.97 bits per heavy atom. The van der Waals surface area contributed by atoms with Crippen LogP contribution in [0.3, 0.4) is 0 Å². The van der Waals surface area contributed by atoms with Crippen LogP contribution in [-0.2, 0) is 10.9 Å². The van der Waals surface area contributed by atoms with Crippen LogP contribution in [0.2, 0.25) is 0 Å². The molecule has 13 heteroatoms. The number of guanidine groups is 1. The third-order valence-corrected chi connectivity index (χ3v) is 6.38. The van der Waals surface area contributed by atoms with Crippen LogP contribution in [0, 0.1) is 0 Å². The highest BCUT2D eigenvalue weighted by Crippen LogP contribution is 2.43. The average Bonchev–Trinajstić information content (AvgIpc) is 3.42. The predicted molar refractivity (Wildman–Crippen MR) is 132 cm³/mol. The summed E-state index contributed by atoms with van der Waals surface area (Å²) in [5.41, 5.74) is 0.0767. The maximum absolute atomic E-state index is 12.9. The molecule has 5 rings (SSSR count). The summed E-state index contributed by atoms with van der Waals surface area (Å²) in [4.78, 5) is 29.5. The number of morpholine rings is 1. The number of carbonyl (C=O) groups excluding carboxylic acids is 1. The van der Waals surface area contributed by atoms with Gasteiger partial charge in [0.1, 0.15) is 17.2 Å². The van der Waals surface area contributed by atoms with Gasteiger partial charge in [-0.2, -0.15) is 13.2 Å². The highest BCUT2D eigenvalue weighted by molar-refractivity contribution is 6.20. The first-order valence-corrected chi connectivity index (χ1v) is 12.2. The lowest BCUT2D eigenvalue weighted by Crippen LogP contribution is -2.47. The summed E-state index contributed by atoms with van der Waals surface area (Å²) >= 11 is 0. The molecule has 1 amide bonds. The van der Waals surface area contributed by atoms with E-state index in [2.05, 4.69) is 25.2 Å². The number of fused-ring (bicyclic) bond motifs is 3. The number of nitrogens with zero attached hydrogens (tertiary/aromatic N) is 5. The number of methoxy groups -OCH3 is 1. The summed E-state index contributed by atoms with van der Waals surface area (Å²) in [7, 11) is 1.51. The molecule has 2 aromatic rings. The van der Waals surface area contributed by atoms with E-state index >= 15 is 0 Å². The molecule has 4 heterocycles. The van der Waals surface area contributed by atoms with Gasteiger partial charge < -0.3 is 14.2 Å². The minimum Gasteiger partial charge on any atom is -0.491 e. The zero-order chi connectivity index (χ0) is 26.7. The van der Waals surface area contributed by atoms with Gasteiger partial charge in [-0.3, -0.25) is 29.9 Å². The number of ether oxygens (including phenoxy) is 3. The first-order valence-electron chi connectivity index (χ1n) is 12.2. The Balaban J connectivity index is 1.34. The Bertz CT molecular complexity index is 1240. The van der Waals surface area contributed by atoms with Crippen molar-refractivity contribution in [2.45, 2.75) is 12.6 Å². The molecular formula is C25H27F3N6O4. The van der Waals surface area contributed by atoms with E-state index in [1.165, 1.54) is 7.11 Å². The number of aromatic nitrogens is 1. The first-order chi connectivity index (χ1) is 18.3. The fraction of sp³-hybridized carbons (Fsp3) is 0.440. The van der Waals surface area contributed by atoms with Gasteiger partial charge in [0.25, 0.3) is 5.91 Å². The van der Waals surface area contributed by atoms with Gasteiger partial charge in [-0.15, -0.1) is 0 Å². The Morgan fingerprint density at radius 1 is 1.16 bits per heavy atom. The standard InChI is InChI=1S/C25H27F3N6O4/c1-36-21-18(38-12-2-8-33-10-13-37-14-11-33)5-4-17-20(21)31-24(34-9-7-29-22(17)34)32-23(35)16-3-6-19(30-15-16)25(26,27)28/h3-6,15H,2,7-14H2,1H3,(H,31,32,35). The van der Waals surface area contributed by atoms with Crippen LogP contribution in [0.1, 0.15) is 28.0 Å². The number of benzene rings is 1. The van der Waals surface area contributed by atoms with Crippen molar-refractivity contribution in [2.24, 2.45) is 9.98 Å². The number of aliphatic imine (C=N–C) groups is 2. The molecule has 10 nitrogen and oxygen atoms in total. The van der Waals surface area contributed by atoms with Crippen molar-refractivity contribution >= 4 is 23.4 Å². The molecule has 38 heavy (non-hydrogen) atoms. The summed E-state index contributed by atoms with van der Waals surface area (Å²) in [5, 5.41) is 2.69. The van der Waals surface area contributed by atoms with Gasteiger partial charge in [0.15, 0.2) is 11.5 Å². The fourth-order valence-corrected chi connectivity index (χ4v) is 4.47. The van der Waals surface area contributed by atoms with E-state index in [0.717, 1.165) is 63.2 Å². The van der Waals surface area contributed by atoms with Crippen molar-refractivity contribution in [1.82, 2.24) is 20.1 Å². The third kappa shape index (κ3) is 5.43. The van der Waals surface area contributed by atoms with Crippen molar-refractivity contribution in [3.63, 3.8) is 0 Å². The van der Waals surface area contributed by atoms with Crippen molar-refractivity contribution < 1.29 is 32.2 Å². The molecule has 0 bridgehead atoms. The number of hydrogen-bond donors (Lipinski definition) is 1. The maximum atomic E-state index is 12.9. The normalized spacial score (nSPS) is 17.3. The number of carbonyl (C=O) groups is 1. The van der Waals surface area contributed by atoms with Gasteiger partial charge in [-0.1, -0.05) is 0 Å². The van der Waals surface area contributed by atoms with Gasteiger partial charge in [0.05, 0.1) is 39.0 Å². The lowest BCUT2D eigenvalue weighted by atomic mass is 10.1. The molecule has 3 aliphatic heterocycles. The zero-order valence-electron chi connectivity index (χ0n) is 20.8. The molecule has 0 atom stereocenters. The van der Waals surface area contributed by atoms with Gasteiger partial charge >= 0.3 is 6.18 Å². The SMILES string of the molecule is COc1c(OCCCN2CCOCC2)ccc2c1N=C(NC(=O)c1ccc(C(F)(F)F)nc1)N1CCN=C21. The molecule has 202 valence electrons. The fourth-order valence-electron chi connectivity index (χ4n) is 4.47. The number of halogens is 3. The molecule has 1 saturated heterocycles. The monoisotopic (exact) mass is 532 g/mol. The molecule has 3 aliphatic rings. The Morgan fingerprint density at radius 3 is 2.68 bits per heavy atom. The van der Waals surface area contributed by atoms with Crippen molar-refractivity contribution in [3.05, 3.63) is 47.3 Å². The van der Waals surface area contributed by atoms with E-state index < -0.39 is 17.8 Å². The number of pyridine rings is 1. The molecule has 1 N–H and O–H groups in total. The van der Waals surface area contributed by atoms with Gasteiger partial charge in [0.2, 0.25) is 5.96 Å². The van der Waals surface area contributed by atoms with Crippen LogP contribution in [0.15, 0.2) is 40.4 Å². The Hall–Kier alpha value is -3.71. The number of amides is 1. The second-order valence-electron chi connectivity index (χ2n) is 8.83. The molecular weight excluding hydrogens is 505 g/mol. The number of amidine groups is 1. The van der Waals surface area contributed by atoms with Crippen molar-refractivity contribution in [1.29, 1.82) is 0 Å². The van der Waals surface area contributed by atoms with Crippen LogP contribution < -0.4 is 14.8 Å². The maximum Gasteiger partial charge on any atom is 0.433 e. The molecule has 1 fully saturated rings. The predicted octanol–water partition coefficient (Wildman–Crippen LogP) is 2.70. The topological polar surface area (TPSA) is 101 Å². The summed E-state index contributed by atoms with van der Waals surface area (Å²) in [6, 6.07) is 5.51. The van der Waals surface area contributed by atoms with E-state index in [1.807, 2.05) is 12.1 Å². The van der Waals surface area contributed by atoms with E-state index in [-0.39, 0.29) is 11.5 Å². The highest BCUT2D eigenvalue weighted by Gasteiger charge is 2.34. The molecule has 1 aromatic carbocycles. The number of rotatable bonds is 7. The third-order valence-electron chi connectivity index (χ3n) is 6.38. The highest BCUT2D eigenvalue weighted by atomic mass is 19.4. The number of hydrogen-bond acceptors (Lipinski definition) is 9. The number of alkyl halides is 3. The summed E-state index contributed by atoms with van der Waals surface area (Å²) in [5.74, 6) is 1.09. The van der Waals surface area contributed by atoms with Gasteiger partial charge in [-0.25, -0.2) is 4.99 Å². The smallest absolute Gasteiger partial charge is 0.433 e. The van der Waals surface area contributed by atoms with Crippen LogP contribution >= 0.6 is 0 Å². The zero-order valence-corrected chi connectivity index (χ0v) is 20.8. The van der Waals surface area contributed by atoms with Crippen LogP contribution in [0.4, 0.5) is 18.9 Å². The minimum absolute atomic E-state index is 0.0338. The molecule has 0 saturated carbocycles. The van der Waals surface area contributed by atoms with Crippen molar-refractivity contribution in [3.8, 4) is 11.5 Å². The molecule has 0 unspecified atom stereocenters. The average molecular weight is 533 g/mol. The molecule has 1 aromatic heterocycles. The quantitative estimate of drug-likeness (QED) is 0.548. The molecule has 0 aliphatic carbocycles. The van der Waals surface area contributed by atoms with Crippen LogP contribution in [-0.4, -0.2) is 92.1 Å². The van der Waals surface area contributed by atoms with Gasteiger partial charge in [-0.05, 0) is 30.7 Å². The summed E-state index contributed by atoms with van der Waals surface area (Å²) in [6.07, 6.45) is -2.88. The second-order valence-corrected chi connectivity index (χ2v) is 8.83. The van der Waals surface area contributed by atoms with E-state index in [4.69, 9.17) is 14.2 Å².